The van der Waals surface area contributed by atoms with Gasteiger partial charge in [0.15, 0.2) is 0 Å². The lowest BCUT2D eigenvalue weighted by Crippen LogP contribution is -2.29. The lowest BCUT2D eigenvalue weighted by atomic mass is 9.82. The van der Waals surface area contributed by atoms with Gasteiger partial charge in [0.25, 0.3) is 0 Å². The largest absolute Gasteiger partial charge is 0.458 e. The van der Waals surface area contributed by atoms with Gasteiger partial charge in [-0.1, -0.05) is 66.3 Å². The van der Waals surface area contributed by atoms with Crippen LogP contribution in [0.4, 0.5) is 5.69 Å². The number of ether oxygens (including phenoxy) is 1. The lowest BCUT2D eigenvalue weighted by Gasteiger charge is -2.29. The maximum absolute atomic E-state index is 12.9. The average Bonchev–Trinajstić information content (AvgIpc) is 2.82. The molecule has 1 unspecified atom stereocenters. The van der Waals surface area contributed by atoms with Crippen LogP contribution in [0.5, 0.6) is 0 Å². The number of amides is 1. The quantitative estimate of drug-likeness (QED) is 0.402. The van der Waals surface area contributed by atoms with E-state index in [1.54, 1.807) is 43.3 Å². The van der Waals surface area contributed by atoms with Gasteiger partial charge in [-0.2, -0.15) is 5.26 Å². The van der Waals surface area contributed by atoms with E-state index in [1.807, 2.05) is 18.2 Å². The number of allylic oxidation sites excluding steroid dienone is 2. The minimum atomic E-state index is -0.662. The van der Waals surface area contributed by atoms with Crippen molar-refractivity contribution in [1.29, 1.82) is 5.26 Å². The molecule has 0 radical (unpaired) electrons. The number of halogens is 1. The number of carbonyl (C=O) groups excluding carboxylic acids is 2. The molecule has 168 valence electrons. The monoisotopic (exact) mass is 479 g/mol. The van der Waals surface area contributed by atoms with Crippen molar-refractivity contribution in [2.24, 2.45) is 0 Å². The third kappa shape index (κ3) is 6.07. The number of benzene rings is 2. The molecule has 33 heavy (non-hydrogen) atoms. The van der Waals surface area contributed by atoms with Crippen LogP contribution in [-0.4, -0.2) is 24.2 Å². The third-order valence-corrected chi connectivity index (χ3v) is 6.08. The second-order valence-corrected chi connectivity index (χ2v) is 8.51. The Morgan fingerprint density at radius 3 is 2.58 bits per heavy atom. The smallest absolute Gasteiger partial charge is 0.337 e. The van der Waals surface area contributed by atoms with E-state index >= 15 is 0 Å². The van der Waals surface area contributed by atoms with Crippen LogP contribution >= 0.6 is 23.4 Å². The number of hydrogen-bond donors (Lipinski definition) is 2. The van der Waals surface area contributed by atoms with Gasteiger partial charge in [-0.25, -0.2) is 4.79 Å². The Hall–Kier alpha value is -3.47. The Bertz CT molecular complexity index is 1150. The Morgan fingerprint density at radius 1 is 1.24 bits per heavy atom. The van der Waals surface area contributed by atoms with Crippen LogP contribution in [0.1, 0.15) is 18.4 Å². The highest BCUT2D eigenvalue weighted by Gasteiger charge is 2.35. The number of anilines is 1. The molecule has 8 heteroatoms. The molecule has 0 saturated carbocycles. The van der Waals surface area contributed by atoms with Crippen LogP contribution in [0, 0.1) is 11.3 Å². The minimum absolute atomic E-state index is 0.0514. The molecular formula is C25H22ClN3O3S. The zero-order chi connectivity index (χ0) is 23.8. The van der Waals surface area contributed by atoms with E-state index in [2.05, 4.69) is 23.3 Å². The zero-order valence-corrected chi connectivity index (χ0v) is 19.5. The molecule has 0 fully saturated rings. The summed E-state index contributed by atoms with van der Waals surface area (Å²) < 4.78 is 5.29. The standard InChI is InChI=1S/C25H22ClN3O3S/c1-3-13-32-25(31)22-16(2)28-24(33-15-21(30)29-19-7-5-4-6-8-19)20(14-27)23(22)17-9-11-18(26)12-10-17/h3-12,23,28H,1,13,15H2,2H3,(H,29,30). The highest BCUT2D eigenvalue weighted by Crippen LogP contribution is 2.41. The molecule has 2 aromatic carbocycles. The Labute approximate surface area is 202 Å². The van der Waals surface area contributed by atoms with Crippen molar-refractivity contribution in [3.63, 3.8) is 0 Å². The summed E-state index contributed by atoms with van der Waals surface area (Å²) in [5.41, 5.74) is 2.61. The van der Waals surface area contributed by atoms with E-state index in [4.69, 9.17) is 16.3 Å². The van der Waals surface area contributed by atoms with Gasteiger partial charge in [0.05, 0.1) is 33.9 Å². The van der Waals surface area contributed by atoms with Crippen molar-refractivity contribution in [3.8, 4) is 6.07 Å². The molecule has 1 heterocycles. The van der Waals surface area contributed by atoms with Gasteiger partial charge in [-0.15, -0.1) is 0 Å². The summed E-state index contributed by atoms with van der Waals surface area (Å²) >= 11 is 7.24. The lowest BCUT2D eigenvalue weighted by molar-refractivity contribution is -0.138. The fraction of sp³-hybridized carbons (Fsp3) is 0.160. The number of nitrogens with zero attached hydrogens (tertiary/aromatic N) is 1. The number of thioether (sulfide) groups is 1. The Balaban J connectivity index is 1.90. The maximum atomic E-state index is 12.9. The van der Waals surface area contributed by atoms with E-state index < -0.39 is 11.9 Å². The molecular weight excluding hydrogens is 458 g/mol. The fourth-order valence-electron chi connectivity index (χ4n) is 3.35. The van der Waals surface area contributed by atoms with Crippen molar-refractivity contribution in [2.45, 2.75) is 12.8 Å². The van der Waals surface area contributed by atoms with Crippen molar-refractivity contribution < 1.29 is 14.3 Å². The second-order valence-electron chi connectivity index (χ2n) is 7.09. The first-order valence-corrected chi connectivity index (χ1v) is 11.4. The van der Waals surface area contributed by atoms with Gasteiger partial charge < -0.3 is 15.4 Å². The number of para-hydroxylation sites is 1. The number of rotatable bonds is 8. The molecule has 0 aromatic heterocycles. The van der Waals surface area contributed by atoms with Gasteiger partial charge in [-0.3, -0.25) is 4.79 Å². The van der Waals surface area contributed by atoms with Crippen molar-refractivity contribution >= 4 is 40.9 Å². The number of hydrogen-bond acceptors (Lipinski definition) is 6. The number of nitriles is 1. The summed E-state index contributed by atoms with van der Waals surface area (Å²) in [5.74, 6) is -1.33. The summed E-state index contributed by atoms with van der Waals surface area (Å²) in [6.45, 7) is 5.36. The first-order valence-electron chi connectivity index (χ1n) is 10.1. The predicted molar refractivity (Wildman–Crippen MR) is 131 cm³/mol. The SMILES string of the molecule is C=CCOC(=O)C1=C(C)NC(SCC(=O)Nc2ccccc2)=C(C#N)C1c1ccc(Cl)cc1. The number of esters is 1. The van der Waals surface area contributed by atoms with Crippen LogP contribution < -0.4 is 10.6 Å². The molecule has 1 atom stereocenters. The highest BCUT2D eigenvalue weighted by molar-refractivity contribution is 8.03. The third-order valence-electron chi connectivity index (χ3n) is 4.81. The van der Waals surface area contributed by atoms with Crippen molar-refractivity contribution in [2.75, 3.05) is 17.7 Å². The minimum Gasteiger partial charge on any atom is -0.458 e. The molecule has 3 rings (SSSR count). The molecule has 6 nitrogen and oxygen atoms in total. The fourth-order valence-corrected chi connectivity index (χ4v) is 4.37. The van der Waals surface area contributed by atoms with Crippen molar-refractivity contribution in [1.82, 2.24) is 5.32 Å². The summed E-state index contributed by atoms with van der Waals surface area (Å²) in [6, 6.07) is 18.3. The topological polar surface area (TPSA) is 91.2 Å². The molecule has 0 bridgehead atoms. The van der Waals surface area contributed by atoms with Crippen LogP contribution in [0.15, 0.2) is 89.1 Å². The normalized spacial score (nSPS) is 15.4. The Morgan fingerprint density at radius 2 is 1.94 bits per heavy atom. The molecule has 0 spiro atoms. The molecule has 1 aliphatic heterocycles. The van der Waals surface area contributed by atoms with Crippen LogP contribution in [-0.2, 0) is 14.3 Å². The molecule has 2 aromatic rings. The van der Waals surface area contributed by atoms with E-state index in [-0.39, 0.29) is 18.3 Å². The van der Waals surface area contributed by atoms with Crippen LogP contribution in [0.25, 0.3) is 0 Å². The highest BCUT2D eigenvalue weighted by atomic mass is 35.5. The van der Waals surface area contributed by atoms with Gasteiger partial charge in [0, 0.05) is 16.4 Å². The van der Waals surface area contributed by atoms with E-state index in [0.717, 1.165) is 0 Å². The first-order chi connectivity index (χ1) is 15.9. The van der Waals surface area contributed by atoms with E-state index in [1.165, 1.54) is 17.8 Å². The average molecular weight is 480 g/mol. The summed E-state index contributed by atoms with van der Waals surface area (Å²) in [6.07, 6.45) is 1.48. The van der Waals surface area contributed by atoms with Crippen molar-refractivity contribution in [3.05, 3.63) is 99.7 Å². The van der Waals surface area contributed by atoms with E-state index in [9.17, 15) is 14.9 Å². The number of dihydropyridines is 1. The van der Waals surface area contributed by atoms with Gasteiger partial charge in [0.2, 0.25) is 5.91 Å². The molecule has 2 N–H and O–H groups in total. The Kier molecular flexibility index (Phi) is 8.36. The summed E-state index contributed by atoms with van der Waals surface area (Å²) in [7, 11) is 0. The van der Waals surface area contributed by atoms with Gasteiger partial charge in [-0.05, 0) is 36.8 Å². The molecule has 1 aliphatic rings. The summed E-state index contributed by atoms with van der Waals surface area (Å²) in [4.78, 5) is 25.3. The molecule has 0 aliphatic carbocycles. The first kappa shape index (κ1) is 24.2. The van der Waals surface area contributed by atoms with Gasteiger partial charge in [0.1, 0.15) is 6.61 Å². The van der Waals surface area contributed by atoms with Crippen LogP contribution in [0.2, 0.25) is 5.02 Å². The second kappa shape index (κ2) is 11.4. The number of carbonyl (C=O) groups is 2. The zero-order valence-electron chi connectivity index (χ0n) is 17.9. The maximum Gasteiger partial charge on any atom is 0.337 e. The summed E-state index contributed by atoms with van der Waals surface area (Å²) in [5, 5.41) is 17.0. The van der Waals surface area contributed by atoms with Crippen LogP contribution in [0.3, 0.4) is 0 Å². The molecule has 0 saturated heterocycles. The van der Waals surface area contributed by atoms with Gasteiger partial charge >= 0.3 is 5.97 Å². The number of nitrogens with one attached hydrogen (secondary N) is 2. The van der Waals surface area contributed by atoms with E-state index in [0.29, 0.717) is 38.1 Å². The molecule has 1 amide bonds. The predicted octanol–water partition coefficient (Wildman–Crippen LogP) is 5.14.